The highest BCUT2D eigenvalue weighted by Crippen LogP contribution is 2.41. The molecule has 1 heteroatoms. The van der Waals surface area contributed by atoms with Gasteiger partial charge in [0.2, 0.25) is 0 Å². The highest BCUT2D eigenvalue weighted by molar-refractivity contribution is 5.98. The lowest BCUT2D eigenvalue weighted by atomic mass is 9.67. The van der Waals surface area contributed by atoms with Crippen LogP contribution in [0.5, 0.6) is 0 Å². The highest BCUT2D eigenvalue weighted by atomic mass is 16.1. The van der Waals surface area contributed by atoms with E-state index in [-0.39, 0.29) is 0 Å². The fraction of sp³-hybridized carbons (Fsp3) is 0.667. The topological polar surface area (TPSA) is 17.1 Å². The van der Waals surface area contributed by atoms with E-state index in [1.165, 1.54) is 69.8 Å². The standard InChI is InChI=1S/C21H30O/c1-16-12-14-19(15-13-16)21(22)20(17-8-4-2-5-9-17)18-10-6-3-7-11-18/h12-15,17-18,20H,2-11H2,1H3. The van der Waals surface area contributed by atoms with Gasteiger partial charge in [0.05, 0.1) is 0 Å². The van der Waals surface area contributed by atoms with Crippen LogP contribution in [0, 0.1) is 24.7 Å². The van der Waals surface area contributed by atoms with E-state index >= 15 is 0 Å². The van der Waals surface area contributed by atoms with Crippen molar-refractivity contribution in [2.75, 3.05) is 0 Å². The second kappa shape index (κ2) is 7.44. The predicted octanol–water partition coefficient (Wildman–Crippen LogP) is 5.95. The van der Waals surface area contributed by atoms with E-state index in [2.05, 4.69) is 31.2 Å². The van der Waals surface area contributed by atoms with Gasteiger partial charge >= 0.3 is 0 Å². The zero-order chi connectivity index (χ0) is 15.4. The van der Waals surface area contributed by atoms with Crippen molar-refractivity contribution in [2.45, 2.75) is 71.1 Å². The number of hydrogen-bond donors (Lipinski definition) is 0. The van der Waals surface area contributed by atoms with E-state index in [4.69, 9.17) is 0 Å². The quantitative estimate of drug-likeness (QED) is 0.627. The van der Waals surface area contributed by atoms with Crippen molar-refractivity contribution >= 4 is 5.78 Å². The van der Waals surface area contributed by atoms with E-state index in [0.29, 0.717) is 23.5 Å². The molecule has 1 nitrogen and oxygen atoms in total. The third kappa shape index (κ3) is 3.62. The van der Waals surface area contributed by atoms with Crippen molar-refractivity contribution in [2.24, 2.45) is 17.8 Å². The SMILES string of the molecule is Cc1ccc(C(=O)C(C2CCCCC2)C2CCCCC2)cc1. The fourth-order valence-corrected chi connectivity index (χ4v) is 4.71. The minimum absolute atomic E-state index is 0.295. The van der Waals surface area contributed by atoms with Crippen LogP contribution < -0.4 is 0 Å². The summed E-state index contributed by atoms with van der Waals surface area (Å²) < 4.78 is 0. The van der Waals surface area contributed by atoms with Crippen LogP contribution in [0.25, 0.3) is 0 Å². The summed E-state index contributed by atoms with van der Waals surface area (Å²) in [6.45, 7) is 2.09. The van der Waals surface area contributed by atoms with Gasteiger partial charge in [-0.3, -0.25) is 4.79 Å². The first-order chi connectivity index (χ1) is 10.8. The third-order valence-corrected chi connectivity index (χ3v) is 5.95. The molecule has 120 valence electrons. The Morgan fingerprint density at radius 1 is 0.818 bits per heavy atom. The van der Waals surface area contributed by atoms with E-state index in [1.807, 2.05) is 0 Å². The number of benzene rings is 1. The largest absolute Gasteiger partial charge is 0.294 e. The minimum atomic E-state index is 0.295. The summed E-state index contributed by atoms with van der Waals surface area (Å²) >= 11 is 0. The Balaban J connectivity index is 1.82. The highest BCUT2D eigenvalue weighted by Gasteiger charge is 2.36. The minimum Gasteiger partial charge on any atom is -0.294 e. The summed E-state index contributed by atoms with van der Waals surface area (Å²) in [5.41, 5.74) is 2.19. The van der Waals surface area contributed by atoms with Crippen LogP contribution in [-0.4, -0.2) is 5.78 Å². The van der Waals surface area contributed by atoms with Crippen LogP contribution in [0.1, 0.15) is 80.1 Å². The Bertz CT molecular complexity index is 457. The molecular weight excluding hydrogens is 268 g/mol. The Hall–Kier alpha value is -1.11. The zero-order valence-corrected chi connectivity index (χ0v) is 14.0. The molecule has 0 atom stereocenters. The molecule has 0 aromatic heterocycles. The molecule has 0 saturated heterocycles. The van der Waals surface area contributed by atoms with Crippen LogP contribution >= 0.6 is 0 Å². The van der Waals surface area contributed by atoms with Crippen LogP contribution in [-0.2, 0) is 0 Å². The van der Waals surface area contributed by atoms with Crippen LogP contribution in [0.3, 0.4) is 0 Å². The summed E-state index contributed by atoms with van der Waals surface area (Å²) in [5, 5.41) is 0. The third-order valence-electron chi connectivity index (χ3n) is 5.95. The average molecular weight is 298 g/mol. The first-order valence-electron chi connectivity index (χ1n) is 9.36. The first kappa shape index (κ1) is 15.8. The van der Waals surface area contributed by atoms with E-state index in [9.17, 15) is 4.79 Å². The molecule has 1 aromatic carbocycles. The first-order valence-corrected chi connectivity index (χ1v) is 9.36. The molecule has 2 saturated carbocycles. The number of Topliss-reactive ketones (excluding diaryl/α,β-unsaturated/α-hetero) is 1. The molecular formula is C21H30O. The van der Waals surface area contributed by atoms with Gasteiger partial charge in [-0.05, 0) is 44.4 Å². The smallest absolute Gasteiger partial charge is 0.166 e. The van der Waals surface area contributed by atoms with Gasteiger partial charge in [0.25, 0.3) is 0 Å². The van der Waals surface area contributed by atoms with E-state index in [1.54, 1.807) is 0 Å². The van der Waals surface area contributed by atoms with Crippen molar-refractivity contribution in [1.29, 1.82) is 0 Å². The second-order valence-corrected chi connectivity index (χ2v) is 7.55. The summed E-state index contributed by atoms with van der Waals surface area (Å²) in [6, 6.07) is 8.28. The van der Waals surface area contributed by atoms with Gasteiger partial charge in [-0.15, -0.1) is 0 Å². The molecule has 0 aliphatic heterocycles. The van der Waals surface area contributed by atoms with Crippen molar-refractivity contribution in [3.8, 4) is 0 Å². The molecule has 0 unspecified atom stereocenters. The van der Waals surface area contributed by atoms with Crippen LogP contribution in [0.4, 0.5) is 0 Å². The fourth-order valence-electron chi connectivity index (χ4n) is 4.71. The van der Waals surface area contributed by atoms with Gasteiger partial charge < -0.3 is 0 Å². The molecule has 2 fully saturated rings. The van der Waals surface area contributed by atoms with Gasteiger partial charge in [-0.25, -0.2) is 0 Å². The number of aryl methyl sites for hydroxylation is 1. The lowest BCUT2D eigenvalue weighted by Crippen LogP contribution is -2.33. The molecule has 3 rings (SSSR count). The van der Waals surface area contributed by atoms with Crippen molar-refractivity contribution in [1.82, 2.24) is 0 Å². The molecule has 1 aromatic rings. The van der Waals surface area contributed by atoms with Crippen molar-refractivity contribution < 1.29 is 4.79 Å². The maximum Gasteiger partial charge on any atom is 0.166 e. The van der Waals surface area contributed by atoms with Crippen LogP contribution in [0.15, 0.2) is 24.3 Å². The van der Waals surface area contributed by atoms with Crippen molar-refractivity contribution in [3.63, 3.8) is 0 Å². The maximum atomic E-state index is 13.3. The van der Waals surface area contributed by atoms with E-state index < -0.39 is 0 Å². The summed E-state index contributed by atoms with van der Waals surface area (Å²) in [4.78, 5) is 13.3. The molecule has 2 aliphatic rings. The number of carbonyl (C=O) groups is 1. The summed E-state index contributed by atoms with van der Waals surface area (Å²) in [5.74, 6) is 2.03. The lowest BCUT2D eigenvalue weighted by molar-refractivity contribution is 0.0710. The summed E-state index contributed by atoms with van der Waals surface area (Å²) in [7, 11) is 0. The Labute approximate surface area is 135 Å². The van der Waals surface area contributed by atoms with Crippen molar-refractivity contribution in [3.05, 3.63) is 35.4 Å². The molecule has 0 N–H and O–H groups in total. The maximum absolute atomic E-state index is 13.3. The lowest BCUT2D eigenvalue weighted by Gasteiger charge is -2.37. The normalized spacial score (nSPS) is 21.2. The Kier molecular flexibility index (Phi) is 5.33. The van der Waals surface area contributed by atoms with Crippen LogP contribution in [0.2, 0.25) is 0 Å². The molecule has 2 aliphatic carbocycles. The molecule has 0 amide bonds. The van der Waals surface area contributed by atoms with E-state index in [0.717, 1.165) is 5.56 Å². The monoisotopic (exact) mass is 298 g/mol. The van der Waals surface area contributed by atoms with Gasteiger partial charge in [0.1, 0.15) is 0 Å². The number of carbonyl (C=O) groups excluding carboxylic acids is 1. The number of hydrogen-bond acceptors (Lipinski definition) is 1. The summed E-state index contributed by atoms with van der Waals surface area (Å²) in [6.07, 6.45) is 13.2. The van der Waals surface area contributed by atoms with Gasteiger partial charge in [-0.1, -0.05) is 68.4 Å². The zero-order valence-electron chi connectivity index (χ0n) is 14.0. The Morgan fingerprint density at radius 2 is 1.27 bits per heavy atom. The number of ketones is 1. The molecule has 0 spiro atoms. The van der Waals surface area contributed by atoms with Gasteiger partial charge in [-0.2, -0.15) is 0 Å². The molecule has 0 heterocycles. The Morgan fingerprint density at radius 3 is 1.73 bits per heavy atom. The van der Waals surface area contributed by atoms with Gasteiger partial charge in [0, 0.05) is 11.5 Å². The second-order valence-electron chi connectivity index (χ2n) is 7.55. The number of rotatable bonds is 4. The predicted molar refractivity (Wildman–Crippen MR) is 92.1 cm³/mol. The molecule has 22 heavy (non-hydrogen) atoms. The average Bonchev–Trinajstić information content (AvgIpc) is 2.57. The van der Waals surface area contributed by atoms with Gasteiger partial charge in [0.15, 0.2) is 5.78 Å². The molecule has 0 bridgehead atoms. The molecule has 0 radical (unpaired) electrons.